The molecule has 4 nitrogen and oxygen atoms in total. The Balaban J connectivity index is 1.58. The lowest BCUT2D eigenvalue weighted by molar-refractivity contribution is -0.122. The van der Waals surface area contributed by atoms with Gasteiger partial charge in [-0.05, 0) is 56.5 Å². The second-order valence-corrected chi connectivity index (χ2v) is 6.06. The van der Waals surface area contributed by atoms with E-state index in [1.165, 1.54) is 31.5 Å². The van der Waals surface area contributed by atoms with E-state index in [-0.39, 0.29) is 11.8 Å². The van der Waals surface area contributed by atoms with Gasteiger partial charge in [-0.25, -0.2) is 0 Å². The maximum absolute atomic E-state index is 12.2. The van der Waals surface area contributed by atoms with Crippen LogP contribution >= 0.6 is 0 Å². The summed E-state index contributed by atoms with van der Waals surface area (Å²) in [6, 6.07) is 8.26. The number of hydrogen-bond acceptors (Lipinski definition) is 3. The molecule has 0 aliphatic carbocycles. The first-order valence-electron chi connectivity index (χ1n) is 8.01. The highest BCUT2D eigenvalue weighted by molar-refractivity contribution is 5.92. The summed E-state index contributed by atoms with van der Waals surface area (Å²) in [5, 5.41) is 3.06. The maximum Gasteiger partial charge on any atom is 0.227 e. The Bertz CT molecular complexity index is 477. The smallest absolute Gasteiger partial charge is 0.227 e. The first kappa shape index (κ1) is 14.5. The molecular weight excluding hydrogens is 264 g/mol. The summed E-state index contributed by atoms with van der Waals surface area (Å²) < 4.78 is 5.31. The Morgan fingerprint density at radius 1 is 1.24 bits per heavy atom. The zero-order valence-corrected chi connectivity index (χ0v) is 12.5. The van der Waals surface area contributed by atoms with Gasteiger partial charge in [-0.2, -0.15) is 0 Å². The number of nitrogens with one attached hydrogen (secondary N) is 1. The molecule has 1 aromatic rings. The van der Waals surface area contributed by atoms with Crippen LogP contribution in [0.3, 0.4) is 0 Å². The lowest BCUT2D eigenvalue weighted by atomic mass is 9.99. The van der Waals surface area contributed by atoms with Crippen molar-refractivity contribution in [3.63, 3.8) is 0 Å². The van der Waals surface area contributed by atoms with Crippen molar-refractivity contribution in [2.24, 2.45) is 5.92 Å². The Labute approximate surface area is 126 Å². The molecule has 0 spiro atoms. The van der Waals surface area contributed by atoms with Gasteiger partial charge < -0.3 is 10.1 Å². The molecule has 3 rings (SSSR count). The minimum atomic E-state index is 0.0981. The van der Waals surface area contributed by atoms with Crippen molar-refractivity contribution >= 4 is 11.6 Å². The van der Waals surface area contributed by atoms with Crippen LogP contribution in [0.2, 0.25) is 0 Å². The molecule has 2 saturated heterocycles. The van der Waals surface area contributed by atoms with Crippen molar-refractivity contribution in [3.8, 4) is 0 Å². The van der Waals surface area contributed by atoms with E-state index in [2.05, 4.69) is 22.3 Å². The fourth-order valence-electron chi connectivity index (χ4n) is 3.15. The topological polar surface area (TPSA) is 41.6 Å². The van der Waals surface area contributed by atoms with Gasteiger partial charge in [0.05, 0.1) is 0 Å². The van der Waals surface area contributed by atoms with Crippen LogP contribution in [-0.2, 0) is 16.1 Å². The minimum absolute atomic E-state index is 0.0981. The number of rotatable bonds is 4. The van der Waals surface area contributed by atoms with Crippen molar-refractivity contribution in [1.29, 1.82) is 0 Å². The van der Waals surface area contributed by atoms with Gasteiger partial charge in [0.25, 0.3) is 0 Å². The van der Waals surface area contributed by atoms with Crippen LogP contribution in [0.5, 0.6) is 0 Å². The van der Waals surface area contributed by atoms with Gasteiger partial charge in [-0.15, -0.1) is 0 Å². The van der Waals surface area contributed by atoms with Gasteiger partial charge in [0.1, 0.15) is 0 Å². The van der Waals surface area contributed by atoms with Crippen molar-refractivity contribution < 1.29 is 9.53 Å². The molecule has 0 unspecified atom stereocenters. The summed E-state index contributed by atoms with van der Waals surface area (Å²) in [6.45, 7) is 4.78. The highest BCUT2D eigenvalue weighted by Gasteiger charge is 2.21. The first-order valence-corrected chi connectivity index (χ1v) is 8.01. The second kappa shape index (κ2) is 7.05. The Hall–Kier alpha value is -1.39. The Morgan fingerprint density at radius 3 is 2.76 bits per heavy atom. The molecule has 2 aliphatic rings. The van der Waals surface area contributed by atoms with E-state index in [0.717, 1.165) is 25.1 Å². The number of carbonyl (C=O) groups is 1. The SMILES string of the molecule is O=C(Nc1cccc(CN2CCCC2)c1)C1CCOCC1. The van der Waals surface area contributed by atoms with Gasteiger partial charge in [-0.3, -0.25) is 9.69 Å². The van der Waals surface area contributed by atoms with Crippen molar-refractivity contribution in [2.75, 3.05) is 31.6 Å². The number of anilines is 1. The zero-order valence-electron chi connectivity index (χ0n) is 12.5. The third-order valence-corrected chi connectivity index (χ3v) is 4.39. The van der Waals surface area contributed by atoms with Crippen molar-refractivity contribution in [2.45, 2.75) is 32.2 Å². The standard InChI is InChI=1S/C17H24N2O2/c20-17(15-6-10-21-11-7-15)18-16-5-3-4-14(12-16)13-19-8-1-2-9-19/h3-5,12,15H,1-2,6-11,13H2,(H,18,20). The molecule has 0 saturated carbocycles. The molecule has 21 heavy (non-hydrogen) atoms. The lowest BCUT2D eigenvalue weighted by Crippen LogP contribution is -2.28. The fraction of sp³-hybridized carbons (Fsp3) is 0.588. The van der Waals surface area contributed by atoms with E-state index in [4.69, 9.17) is 4.74 Å². The van der Waals surface area contributed by atoms with Gasteiger partial charge >= 0.3 is 0 Å². The van der Waals surface area contributed by atoms with E-state index in [1.807, 2.05) is 12.1 Å². The minimum Gasteiger partial charge on any atom is -0.381 e. The van der Waals surface area contributed by atoms with Gasteiger partial charge in [-0.1, -0.05) is 12.1 Å². The van der Waals surface area contributed by atoms with Crippen LogP contribution in [-0.4, -0.2) is 37.1 Å². The highest BCUT2D eigenvalue weighted by atomic mass is 16.5. The summed E-state index contributed by atoms with van der Waals surface area (Å²) in [7, 11) is 0. The first-order chi connectivity index (χ1) is 10.3. The molecule has 4 heteroatoms. The number of ether oxygens (including phenoxy) is 1. The predicted octanol–water partition coefficient (Wildman–Crippen LogP) is 2.65. The molecule has 1 N–H and O–H groups in total. The Kier molecular flexibility index (Phi) is 4.88. The molecule has 1 amide bonds. The van der Waals surface area contributed by atoms with Crippen LogP contribution in [0.4, 0.5) is 5.69 Å². The van der Waals surface area contributed by atoms with E-state index >= 15 is 0 Å². The number of nitrogens with zero attached hydrogens (tertiary/aromatic N) is 1. The zero-order chi connectivity index (χ0) is 14.5. The largest absolute Gasteiger partial charge is 0.381 e. The molecule has 2 fully saturated rings. The van der Waals surface area contributed by atoms with E-state index in [0.29, 0.717) is 13.2 Å². The summed E-state index contributed by atoms with van der Waals surface area (Å²) in [4.78, 5) is 14.7. The van der Waals surface area contributed by atoms with E-state index in [9.17, 15) is 4.79 Å². The second-order valence-electron chi connectivity index (χ2n) is 6.06. The molecule has 0 bridgehead atoms. The average Bonchev–Trinajstić information content (AvgIpc) is 3.01. The number of benzene rings is 1. The maximum atomic E-state index is 12.2. The highest BCUT2D eigenvalue weighted by Crippen LogP contribution is 2.19. The number of carbonyl (C=O) groups excluding carboxylic acids is 1. The van der Waals surface area contributed by atoms with Crippen LogP contribution in [0, 0.1) is 5.92 Å². The van der Waals surface area contributed by atoms with Crippen LogP contribution in [0.1, 0.15) is 31.2 Å². The van der Waals surface area contributed by atoms with E-state index < -0.39 is 0 Å². The molecule has 0 radical (unpaired) electrons. The molecule has 2 heterocycles. The quantitative estimate of drug-likeness (QED) is 0.926. The third kappa shape index (κ3) is 4.05. The van der Waals surface area contributed by atoms with Crippen molar-refractivity contribution in [1.82, 2.24) is 4.90 Å². The summed E-state index contributed by atoms with van der Waals surface area (Å²) in [6.07, 6.45) is 4.28. The molecule has 1 aromatic carbocycles. The fourth-order valence-corrected chi connectivity index (χ4v) is 3.15. The molecule has 0 aromatic heterocycles. The third-order valence-electron chi connectivity index (χ3n) is 4.39. The normalized spacial score (nSPS) is 20.6. The van der Waals surface area contributed by atoms with Gasteiger partial charge in [0, 0.05) is 31.4 Å². The number of hydrogen-bond donors (Lipinski definition) is 1. The number of amides is 1. The number of likely N-dealkylation sites (tertiary alicyclic amines) is 1. The van der Waals surface area contributed by atoms with E-state index in [1.54, 1.807) is 0 Å². The Morgan fingerprint density at radius 2 is 2.00 bits per heavy atom. The van der Waals surface area contributed by atoms with Crippen LogP contribution in [0.15, 0.2) is 24.3 Å². The van der Waals surface area contributed by atoms with Crippen LogP contribution < -0.4 is 5.32 Å². The molecule has 114 valence electrons. The predicted molar refractivity (Wildman–Crippen MR) is 83.1 cm³/mol. The molecule has 0 atom stereocenters. The lowest BCUT2D eigenvalue weighted by Gasteiger charge is -2.21. The summed E-state index contributed by atoms with van der Waals surface area (Å²) >= 11 is 0. The van der Waals surface area contributed by atoms with Gasteiger partial charge in [0.2, 0.25) is 5.91 Å². The van der Waals surface area contributed by atoms with Gasteiger partial charge in [0.15, 0.2) is 0 Å². The molecule has 2 aliphatic heterocycles. The monoisotopic (exact) mass is 288 g/mol. The van der Waals surface area contributed by atoms with Crippen molar-refractivity contribution in [3.05, 3.63) is 29.8 Å². The summed E-state index contributed by atoms with van der Waals surface area (Å²) in [5.74, 6) is 0.234. The summed E-state index contributed by atoms with van der Waals surface area (Å²) in [5.41, 5.74) is 2.20. The molecular formula is C17H24N2O2. The van der Waals surface area contributed by atoms with Crippen LogP contribution in [0.25, 0.3) is 0 Å². The average molecular weight is 288 g/mol.